The molecule has 9 heteroatoms. The van der Waals surface area contributed by atoms with Crippen molar-refractivity contribution in [2.24, 2.45) is 0 Å². The zero-order valence-corrected chi connectivity index (χ0v) is 57.4. The van der Waals surface area contributed by atoms with E-state index in [4.69, 9.17) is 9.97 Å². The Labute approximate surface area is 593 Å². The fraction of sp³-hybridized carbons (Fsp3) is 0.133. The van der Waals surface area contributed by atoms with Crippen molar-refractivity contribution in [2.45, 2.75) is 77.6 Å². The molecule has 0 saturated carbocycles. The fourth-order valence-electron chi connectivity index (χ4n) is 31.8. The highest BCUT2D eigenvalue weighted by Gasteiger charge is 2.70. The molecule has 478 valence electrons. The third kappa shape index (κ3) is 3.30. The van der Waals surface area contributed by atoms with Crippen molar-refractivity contribution in [3.8, 4) is 0 Å². The second kappa shape index (κ2) is 12.2. The molecule has 107 heavy (non-hydrogen) atoms. The molecule has 28 aromatic carbocycles. The standard InChI is InChI=1S/C98H37N5O4/c1-7-23-18(3)26-13-28-20(5)25(9-10-32(104)105)93(101-28)88-94-33(21(6)29(102-94)15-31-24(8-2)19(4)27(100-31)14-30(23)99-26)95(106)103(96(88)107)17-22-11-12-97-89-80-72-62-52-44-36-34-35-38-42-40(36)48-56-50(42)60-54-46(38)47-39(35)43-41-37(34)45(44)53-59-49(41)57-51(43)61-55(47)65-64(54)74-68(60)78-70(56)76(66(72)58(48)52)82(89)84(78)91-86(74)87-75(65)69(61)79-71(57)77-67(59)73(63(53)62)81(80)90(97)83(77)85(79)92(87)98(91,97)16-22/h7,11,13-15,99,102H,1,8-10,12,16-17H2,2-6H3,(H,104,105). The highest BCUT2D eigenvalue weighted by molar-refractivity contribution is 6.82. The van der Waals surface area contributed by atoms with Gasteiger partial charge in [0.1, 0.15) is 0 Å². The number of rotatable bonds is 7. The number of aromatic amines is 2. The van der Waals surface area contributed by atoms with Crippen LogP contribution in [0.15, 0.2) is 36.4 Å². The summed E-state index contributed by atoms with van der Waals surface area (Å²) >= 11 is 0. The lowest BCUT2D eigenvalue weighted by atomic mass is 9.44. The Morgan fingerprint density at radius 1 is 0.439 bits per heavy atom. The number of allylic oxidation sites excluding steroid dienone is 5. The van der Waals surface area contributed by atoms with Crippen LogP contribution in [0.1, 0.15) is 135 Å². The predicted molar refractivity (Wildman–Crippen MR) is 439 cm³/mol. The quantitative estimate of drug-likeness (QED) is 0.0827. The van der Waals surface area contributed by atoms with Crippen molar-refractivity contribution in [2.75, 3.05) is 6.54 Å². The number of aliphatic carboxylic acids is 1. The molecular formula is C98H37N5O4. The van der Waals surface area contributed by atoms with E-state index in [0.29, 0.717) is 45.5 Å². The number of carboxylic acid groups (broad SMARTS) is 1. The van der Waals surface area contributed by atoms with E-state index >= 15 is 9.59 Å². The first-order valence-electron chi connectivity index (χ1n) is 38.8. The van der Waals surface area contributed by atoms with Crippen molar-refractivity contribution in [3.05, 3.63) is 109 Å². The number of H-pyrrole nitrogens is 2. The summed E-state index contributed by atoms with van der Waals surface area (Å²) in [5, 5.41) is 94.7. The number of aryl methyl sites for hydroxylation is 2. The maximum absolute atomic E-state index is 17.1. The monoisotopic (exact) mass is 1350 g/mol. The number of fused-ring (bicyclic) bond motifs is 8. The van der Waals surface area contributed by atoms with Crippen LogP contribution in [0.25, 0.3) is 341 Å². The fourth-order valence-corrected chi connectivity index (χ4v) is 31.8. The van der Waals surface area contributed by atoms with E-state index in [2.05, 4.69) is 55.5 Å². The minimum Gasteiger partial charge on any atom is -0.481 e. The molecule has 6 heterocycles. The van der Waals surface area contributed by atoms with Crippen molar-refractivity contribution in [1.82, 2.24) is 24.8 Å². The second-order valence-electron chi connectivity index (χ2n) is 36.1. The van der Waals surface area contributed by atoms with Crippen LogP contribution in [0.5, 0.6) is 0 Å². The third-order valence-corrected chi connectivity index (χ3v) is 34.0. The van der Waals surface area contributed by atoms with Crippen molar-refractivity contribution in [1.29, 1.82) is 0 Å². The molecule has 8 bridgehead atoms. The summed E-state index contributed by atoms with van der Waals surface area (Å²) in [5.74, 6) is -1.69. The molecule has 2 amide bonds. The van der Waals surface area contributed by atoms with Gasteiger partial charge in [-0.1, -0.05) is 31.2 Å². The van der Waals surface area contributed by atoms with Gasteiger partial charge in [0, 0.05) is 39.4 Å². The van der Waals surface area contributed by atoms with Gasteiger partial charge in [0.15, 0.2) is 0 Å². The Morgan fingerprint density at radius 2 is 0.776 bits per heavy atom. The second-order valence-corrected chi connectivity index (χ2v) is 36.1. The zero-order valence-electron chi connectivity index (χ0n) is 57.4. The van der Waals surface area contributed by atoms with Crippen LogP contribution in [-0.2, 0) is 15.6 Å². The van der Waals surface area contributed by atoms with Gasteiger partial charge >= 0.3 is 5.97 Å². The topological polar surface area (TPSA) is 132 Å². The lowest BCUT2D eigenvalue weighted by molar-refractivity contribution is -0.136. The largest absolute Gasteiger partial charge is 0.481 e. The van der Waals surface area contributed by atoms with E-state index in [1.54, 1.807) is 275 Å². The molecule has 3 N–H and O–H groups in total. The number of aromatic nitrogens is 4. The molecular weight excluding hydrogens is 1310 g/mol. The number of hydrogen-bond donors (Lipinski definition) is 3. The van der Waals surface area contributed by atoms with Crippen molar-refractivity contribution < 1.29 is 19.5 Å². The van der Waals surface area contributed by atoms with Gasteiger partial charge in [-0.15, -0.1) is 0 Å². The molecule has 2 spiro atoms. The highest BCUT2D eigenvalue weighted by Crippen LogP contribution is 2.86. The predicted octanol–water partition coefficient (Wildman–Crippen LogP) is 24.3. The summed E-state index contributed by atoms with van der Waals surface area (Å²) < 4.78 is 0. The molecule has 0 saturated heterocycles. The SMILES string of the molecule is C=Cc1c(C)c2cc3nc(c4c5[nH]c(cc6nc(cc1[nH]2)C(C)=C6CC)c(C)c5C(=O)N(CC1=CCC25c6c7c8c9c%10c%11c(c%12c%13c2c2c6c6c%14c7c7c8c8c%10c%10c%15c%11c%11c%12c%12c%13c%13c2c2c6c6c%14c%14c7c7c8c%10c8c%10c%15c%11c%11c%12c%12c%13c2c2c6c6c%14c7c8c7c%10c%11c%12c2c67)C95C1)C4=O)C(CCC(=O)O)=C3C. The van der Waals surface area contributed by atoms with E-state index < -0.39 is 22.7 Å². The van der Waals surface area contributed by atoms with Crippen LogP contribution in [0.4, 0.5) is 0 Å². The van der Waals surface area contributed by atoms with Crippen molar-refractivity contribution >= 4 is 359 Å². The summed E-state index contributed by atoms with van der Waals surface area (Å²) in [6.07, 6.45) is 6.56. The average molecular weight is 1350 g/mol. The Kier molecular flexibility index (Phi) is 5.44. The Morgan fingerprint density at radius 3 is 1.16 bits per heavy atom. The molecule has 9 nitrogen and oxygen atoms in total. The number of benzene rings is 18. The maximum Gasteiger partial charge on any atom is 0.303 e. The molecule has 8 aliphatic rings. The van der Waals surface area contributed by atoms with E-state index in [0.717, 1.165) is 74.2 Å². The summed E-state index contributed by atoms with van der Waals surface area (Å²) in [7, 11) is 0. The number of amides is 2. The van der Waals surface area contributed by atoms with Crippen LogP contribution < -0.4 is 0 Å². The van der Waals surface area contributed by atoms with Gasteiger partial charge in [-0.25, -0.2) is 9.97 Å². The summed E-state index contributed by atoms with van der Waals surface area (Å²) in [6.45, 7) is 14.8. The van der Waals surface area contributed by atoms with Gasteiger partial charge in [0.05, 0.1) is 46.0 Å². The van der Waals surface area contributed by atoms with E-state index in [-0.39, 0.29) is 25.3 Å². The first kappa shape index (κ1) is 47.5. The number of carbonyl (C=O) groups excluding carboxylic acids is 2. The number of nitrogens with one attached hydrogen (secondary N) is 2. The minimum atomic E-state index is -0.937. The molecule has 0 unspecified atom stereocenters. The van der Waals surface area contributed by atoms with E-state index in [1.165, 1.54) is 43.1 Å². The Bertz CT molecular complexity index is 9900. The van der Waals surface area contributed by atoms with Crippen LogP contribution in [-0.4, -0.2) is 54.3 Å². The molecule has 31 aromatic rings. The van der Waals surface area contributed by atoms with Crippen molar-refractivity contribution in [3.63, 3.8) is 0 Å². The van der Waals surface area contributed by atoms with Crippen LogP contribution in [0.2, 0.25) is 0 Å². The van der Waals surface area contributed by atoms with Gasteiger partial charge in [-0.05, 0) is 418 Å². The summed E-state index contributed by atoms with van der Waals surface area (Å²) in [6, 6.07) is 6.21. The van der Waals surface area contributed by atoms with E-state index in [1.807, 2.05) is 26.0 Å². The van der Waals surface area contributed by atoms with Gasteiger partial charge in [0.2, 0.25) is 0 Å². The van der Waals surface area contributed by atoms with Crippen LogP contribution in [0, 0.1) is 13.8 Å². The van der Waals surface area contributed by atoms with Gasteiger partial charge in [0.25, 0.3) is 11.8 Å². The maximum atomic E-state index is 17.1. The minimum absolute atomic E-state index is 0.0918. The smallest absolute Gasteiger partial charge is 0.303 e. The first-order chi connectivity index (χ1) is 52.5. The average Bonchev–Trinajstić information content (AvgIpc) is 1.35. The number of imide groups is 1. The number of carbonyl (C=O) groups is 3. The van der Waals surface area contributed by atoms with E-state index in [9.17, 15) is 9.90 Å². The highest BCUT2D eigenvalue weighted by atomic mass is 16.4. The molecule has 5 aliphatic carbocycles. The molecule has 39 rings (SSSR count). The third-order valence-electron chi connectivity index (χ3n) is 34.0. The Hall–Kier alpha value is -12.9. The summed E-state index contributed by atoms with van der Waals surface area (Å²) in [4.78, 5) is 66.7. The van der Waals surface area contributed by atoms with Gasteiger partial charge in [-0.2, -0.15) is 0 Å². The van der Waals surface area contributed by atoms with Crippen LogP contribution >= 0.6 is 0 Å². The molecule has 0 radical (unpaired) electrons. The number of carboxylic acids is 1. The Balaban J connectivity index is 0.700. The number of hydrogen-bond acceptors (Lipinski definition) is 5. The van der Waals surface area contributed by atoms with Gasteiger partial charge < -0.3 is 15.1 Å². The molecule has 3 aliphatic heterocycles. The first-order valence-corrected chi connectivity index (χ1v) is 38.8. The molecule has 3 aromatic heterocycles. The van der Waals surface area contributed by atoms with Gasteiger partial charge in [-0.3, -0.25) is 19.3 Å². The zero-order chi connectivity index (χ0) is 67.8. The van der Waals surface area contributed by atoms with Crippen LogP contribution in [0.3, 0.4) is 0 Å². The molecule has 0 atom stereocenters. The molecule has 0 fully saturated rings. The number of nitrogens with zero attached hydrogens (tertiary/aromatic N) is 3. The lowest BCUT2D eigenvalue weighted by Gasteiger charge is -2.57. The summed E-state index contributed by atoms with van der Waals surface area (Å²) in [5.41, 5.74) is 18.9. The lowest BCUT2D eigenvalue weighted by Crippen LogP contribution is -2.54. The normalized spacial score (nSPS) is 20.3.